The van der Waals surface area contributed by atoms with Gasteiger partial charge in [0, 0.05) is 13.0 Å². The van der Waals surface area contributed by atoms with Crippen molar-refractivity contribution in [2.24, 2.45) is 0 Å². The third-order valence-corrected chi connectivity index (χ3v) is 15.6. The molecule has 0 aliphatic carbocycles. The van der Waals surface area contributed by atoms with E-state index in [1.807, 2.05) is 0 Å². The Morgan fingerprint density at radius 2 is 0.765 bits per heavy atom. The van der Waals surface area contributed by atoms with E-state index in [0.29, 0.717) is 13.0 Å². The first-order valence-corrected chi connectivity index (χ1v) is 33.8. The molecule has 2 heterocycles. The lowest BCUT2D eigenvalue weighted by Gasteiger charge is -2.42. The Kier molecular flexibility index (Phi) is 51.5. The topological polar surface area (TPSA) is 214 Å². The second kappa shape index (κ2) is 56.2. The first kappa shape index (κ1) is 78.0. The van der Waals surface area contributed by atoms with E-state index in [4.69, 9.17) is 28.4 Å². The number of allylic oxidation sites excluding steroid dienone is 16. The number of unbranched alkanes of at least 4 members (excludes halogenated alkanes) is 25. The normalized spacial score (nSPS) is 23.8. The van der Waals surface area contributed by atoms with Gasteiger partial charge < -0.3 is 64.2 Å². The molecule has 0 aromatic carbocycles. The van der Waals surface area contributed by atoms with Crippen LogP contribution in [0, 0.1) is 0 Å². The fourth-order valence-corrected chi connectivity index (χ4v) is 10.2. The average molecular weight is 1200 g/mol. The lowest BCUT2D eigenvalue weighted by molar-refractivity contribution is -0.332. The molecule has 2 rings (SSSR count). The first-order chi connectivity index (χ1) is 41.6. The van der Waals surface area contributed by atoms with Crippen LogP contribution in [0.2, 0.25) is 0 Å². The minimum Gasteiger partial charge on any atom is -0.457 e. The Morgan fingerprint density at radius 1 is 0.400 bits per heavy atom. The van der Waals surface area contributed by atoms with Crippen LogP contribution in [-0.2, 0) is 33.2 Å². The Hall–Kier alpha value is -3.09. The summed E-state index contributed by atoms with van der Waals surface area (Å²) in [5.41, 5.74) is 0. The van der Waals surface area contributed by atoms with Crippen LogP contribution >= 0.6 is 0 Å². The van der Waals surface area contributed by atoms with E-state index in [1.54, 1.807) is 0 Å². The van der Waals surface area contributed by atoms with Crippen molar-refractivity contribution in [2.45, 2.75) is 313 Å². The van der Waals surface area contributed by atoms with Gasteiger partial charge in [-0.05, 0) is 96.3 Å². The van der Waals surface area contributed by atoms with Crippen LogP contribution in [0.25, 0.3) is 0 Å². The molecule has 85 heavy (non-hydrogen) atoms. The van der Waals surface area contributed by atoms with Crippen LogP contribution in [0.3, 0.4) is 0 Å². The van der Waals surface area contributed by atoms with Gasteiger partial charge >= 0.3 is 5.97 Å². The van der Waals surface area contributed by atoms with Crippen LogP contribution in [0.4, 0.5) is 0 Å². The van der Waals surface area contributed by atoms with E-state index in [9.17, 15) is 40.5 Å². The molecule has 0 saturated carbocycles. The summed E-state index contributed by atoms with van der Waals surface area (Å²) >= 11 is 0. The van der Waals surface area contributed by atoms with Gasteiger partial charge in [-0.1, -0.05) is 239 Å². The smallest absolute Gasteiger partial charge is 0.306 e. The number of esters is 1. The Bertz CT molecular complexity index is 1780. The van der Waals surface area contributed by atoms with Gasteiger partial charge in [-0.2, -0.15) is 0 Å². The fourth-order valence-electron chi connectivity index (χ4n) is 10.2. The monoisotopic (exact) mass is 1200 g/mol. The zero-order valence-corrected chi connectivity index (χ0v) is 53.1. The van der Waals surface area contributed by atoms with Crippen molar-refractivity contribution < 1.29 is 69.0 Å². The Labute approximate surface area is 515 Å². The maximum atomic E-state index is 13.1. The summed E-state index contributed by atoms with van der Waals surface area (Å²) in [7, 11) is 0. The molecule has 0 aromatic heterocycles. The van der Waals surface area contributed by atoms with E-state index in [2.05, 4.69) is 111 Å². The molecule has 14 heteroatoms. The molecule has 2 aliphatic rings. The molecule has 490 valence electrons. The maximum absolute atomic E-state index is 13.1. The van der Waals surface area contributed by atoms with Gasteiger partial charge in [0.2, 0.25) is 0 Å². The summed E-state index contributed by atoms with van der Waals surface area (Å²) in [4.78, 5) is 13.1. The molecule has 2 fully saturated rings. The quantitative estimate of drug-likeness (QED) is 0.0171. The summed E-state index contributed by atoms with van der Waals surface area (Å²) in [5.74, 6) is -0.408. The third kappa shape index (κ3) is 41.7. The minimum absolute atomic E-state index is 0.0434. The van der Waals surface area contributed by atoms with Crippen molar-refractivity contribution in [3.63, 3.8) is 0 Å². The molecular weight excluding hydrogens is 1080 g/mol. The molecule has 0 radical (unpaired) electrons. The number of aliphatic hydroxyl groups is 7. The summed E-state index contributed by atoms with van der Waals surface area (Å²) in [6, 6.07) is 0. The highest BCUT2D eigenvalue weighted by atomic mass is 16.7. The molecule has 2 aliphatic heterocycles. The number of hydrogen-bond donors (Lipinski definition) is 7. The second-order valence-electron chi connectivity index (χ2n) is 23.3. The number of aliphatic hydroxyl groups excluding tert-OH is 7. The molecular formula is C71H122O14. The molecule has 11 unspecified atom stereocenters. The molecule has 11 atom stereocenters. The molecule has 0 bridgehead atoms. The standard InChI is InChI=1S/C71H122O14/c1-3-5-7-9-11-13-15-17-19-21-23-25-27-29-31-33-35-37-39-41-43-45-47-49-51-53-55-80-57-60(58-81-70-69(79)67(77)65(75)62(85-70)59-82-71-68(78)66(76)64(74)61(56-72)84-71)83-63(73)54-52-50-48-46-44-42-40-38-36-34-32-30-28-26-24-22-20-18-16-14-12-10-8-6-4-2/h6,8,12,14,18,20-21,23-24,26,30,32,36,38,42,44,60-62,64-72,74-79H,3-5,7,9-11,13,15-17,19,22,25,27-29,31,33-35,37,39-41,43,45-59H2,1-2H3/b8-6-,14-12-,20-18-,23-21-,26-24-,32-30-,38-36-,44-42-. The summed E-state index contributed by atoms with van der Waals surface area (Å²) in [5, 5.41) is 72.6. The van der Waals surface area contributed by atoms with Gasteiger partial charge in [0.05, 0.1) is 26.4 Å². The molecule has 2 saturated heterocycles. The largest absolute Gasteiger partial charge is 0.457 e. The van der Waals surface area contributed by atoms with E-state index in [1.165, 1.54) is 135 Å². The average Bonchev–Trinajstić information content (AvgIpc) is 3.68. The van der Waals surface area contributed by atoms with Crippen molar-refractivity contribution in [1.29, 1.82) is 0 Å². The lowest BCUT2D eigenvalue weighted by atomic mass is 9.98. The molecule has 14 nitrogen and oxygen atoms in total. The van der Waals surface area contributed by atoms with E-state index >= 15 is 0 Å². The van der Waals surface area contributed by atoms with Crippen LogP contribution < -0.4 is 0 Å². The number of ether oxygens (including phenoxy) is 6. The van der Waals surface area contributed by atoms with Gasteiger partial charge in [-0.25, -0.2) is 0 Å². The van der Waals surface area contributed by atoms with Crippen molar-refractivity contribution in [1.82, 2.24) is 0 Å². The van der Waals surface area contributed by atoms with E-state index in [-0.39, 0.29) is 19.6 Å². The maximum Gasteiger partial charge on any atom is 0.306 e. The van der Waals surface area contributed by atoms with Gasteiger partial charge in [0.15, 0.2) is 12.6 Å². The summed E-state index contributed by atoms with van der Waals surface area (Å²) in [6.45, 7) is 3.55. The highest BCUT2D eigenvalue weighted by Gasteiger charge is 2.47. The van der Waals surface area contributed by atoms with Crippen molar-refractivity contribution in [2.75, 3.05) is 33.0 Å². The summed E-state index contributed by atoms with van der Waals surface area (Å²) < 4.78 is 34.5. The van der Waals surface area contributed by atoms with Crippen molar-refractivity contribution in [3.8, 4) is 0 Å². The fraction of sp³-hybridized carbons (Fsp3) is 0.761. The van der Waals surface area contributed by atoms with Crippen molar-refractivity contribution in [3.05, 3.63) is 97.2 Å². The predicted molar refractivity (Wildman–Crippen MR) is 344 cm³/mol. The molecule has 7 N–H and O–H groups in total. The van der Waals surface area contributed by atoms with Crippen LogP contribution in [0.1, 0.15) is 245 Å². The summed E-state index contributed by atoms with van der Waals surface area (Å²) in [6.07, 6.45) is 60.5. The van der Waals surface area contributed by atoms with Crippen molar-refractivity contribution >= 4 is 5.97 Å². The molecule has 0 amide bonds. The molecule has 0 spiro atoms. The third-order valence-electron chi connectivity index (χ3n) is 15.6. The number of carbonyl (C=O) groups excluding carboxylic acids is 1. The zero-order chi connectivity index (χ0) is 61.5. The Balaban J connectivity index is 1.68. The van der Waals surface area contributed by atoms with Gasteiger partial charge in [0.1, 0.15) is 54.9 Å². The van der Waals surface area contributed by atoms with Gasteiger partial charge in [-0.15, -0.1) is 0 Å². The second-order valence-corrected chi connectivity index (χ2v) is 23.3. The zero-order valence-electron chi connectivity index (χ0n) is 53.1. The highest BCUT2D eigenvalue weighted by Crippen LogP contribution is 2.27. The molecule has 0 aromatic rings. The predicted octanol–water partition coefficient (Wildman–Crippen LogP) is 14.1. The SMILES string of the molecule is CC/C=C\C/C=C\C/C=C\C/C=C\C/C=C\C/C=C\C/C=C\CCCCCC(=O)OC(COCCCCCCCCCCCCCCCC/C=C\CCCCCCCCCC)COC1OC(COC2OC(CO)C(O)C(O)C2O)C(O)C(O)C1O. The Morgan fingerprint density at radius 3 is 1.21 bits per heavy atom. The highest BCUT2D eigenvalue weighted by molar-refractivity contribution is 5.69. The van der Waals surface area contributed by atoms with E-state index in [0.717, 1.165) is 83.5 Å². The first-order valence-electron chi connectivity index (χ1n) is 33.8. The minimum atomic E-state index is -1.72. The van der Waals surface area contributed by atoms with E-state index < -0.39 is 86.7 Å². The lowest BCUT2D eigenvalue weighted by Crippen LogP contribution is -2.61. The number of carbonyl (C=O) groups is 1. The van der Waals surface area contributed by atoms with Gasteiger partial charge in [-0.3, -0.25) is 4.79 Å². The van der Waals surface area contributed by atoms with Gasteiger partial charge in [0.25, 0.3) is 0 Å². The van der Waals surface area contributed by atoms with Crippen LogP contribution in [-0.4, -0.2) is 142 Å². The van der Waals surface area contributed by atoms with Crippen LogP contribution in [0.5, 0.6) is 0 Å². The number of hydrogen-bond acceptors (Lipinski definition) is 14. The van der Waals surface area contributed by atoms with Crippen LogP contribution in [0.15, 0.2) is 97.2 Å². The number of rotatable bonds is 55.